The van der Waals surface area contributed by atoms with E-state index in [4.69, 9.17) is 11.6 Å². The zero-order valence-corrected chi connectivity index (χ0v) is 15.4. The van der Waals surface area contributed by atoms with Crippen LogP contribution >= 0.6 is 54.8 Å². The highest BCUT2D eigenvalue weighted by atomic mass is 79.9. The zero-order valence-electron chi connectivity index (χ0n) is 10.7. The summed E-state index contributed by atoms with van der Waals surface area (Å²) in [5, 5.41) is 0.142. The van der Waals surface area contributed by atoms with Crippen LogP contribution in [-0.4, -0.2) is 0 Å². The van der Waals surface area contributed by atoms with Crippen LogP contribution in [0.5, 0.6) is 0 Å². The normalized spacial score (nSPS) is 28.6. The topological polar surface area (TPSA) is 0 Å². The van der Waals surface area contributed by atoms with Crippen molar-refractivity contribution in [2.75, 3.05) is 0 Å². The van der Waals surface area contributed by atoms with Gasteiger partial charge in [0, 0.05) is 9.35 Å². The first-order valence-corrected chi connectivity index (χ1v) is 9.67. The second kappa shape index (κ2) is 5.12. The first kappa shape index (κ1) is 13.8. The van der Waals surface area contributed by atoms with E-state index >= 15 is 0 Å². The highest BCUT2D eigenvalue weighted by molar-refractivity contribution is 9.13. The Bertz CT molecular complexity index is 647. The van der Waals surface area contributed by atoms with E-state index in [1.165, 1.54) is 23.3 Å². The summed E-state index contributed by atoms with van der Waals surface area (Å²) < 4.78 is 2.26. The fourth-order valence-electron chi connectivity index (χ4n) is 3.71. The molecule has 0 N–H and O–H groups in total. The Morgan fingerprint density at radius 2 is 2.05 bits per heavy atom. The maximum atomic E-state index is 6.80. The van der Waals surface area contributed by atoms with Crippen LogP contribution in [-0.2, 0) is 6.42 Å². The monoisotopic (exact) mass is 430 g/mol. The summed E-state index contributed by atoms with van der Waals surface area (Å²) >= 11 is 15.7. The maximum Gasteiger partial charge on any atom is 0.0843 e. The Morgan fingerprint density at radius 1 is 1.25 bits per heavy atom. The molecule has 1 fully saturated rings. The average Bonchev–Trinajstić information content (AvgIpc) is 3.11. The van der Waals surface area contributed by atoms with Gasteiger partial charge >= 0.3 is 0 Å². The molecule has 4 rings (SSSR count). The van der Waals surface area contributed by atoms with Crippen molar-refractivity contribution in [2.45, 2.75) is 24.1 Å². The Hall–Kier alpha value is 0.170. The van der Waals surface area contributed by atoms with Gasteiger partial charge in [0.05, 0.1) is 9.16 Å². The van der Waals surface area contributed by atoms with Gasteiger partial charge in [0.15, 0.2) is 0 Å². The van der Waals surface area contributed by atoms with Gasteiger partial charge in [0.25, 0.3) is 0 Å². The molecule has 2 aromatic rings. The quantitative estimate of drug-likeness (QED) is 0.473. The van der Waals surface area contributed by atoms with E-state index in [9.17, 15) is 0 Å². The smallest absolute Gasteiger partial charge is 0.0843 e. The summed E-state index contributed by atoms with van der Waals surface area (Å²) in [4.78, 5) is 1.28. The number of hydrogen-bond donors (Lipinski definition) is 0. The van der Waals surface area contributed by atoms with Gasteiger partial charge in [-0.3, -0.25) is 0 Å². The summed E-state index contributed by atoms with van der Waals surface area (Å²) in [5.41, 5.74) is 3.09. The van der Waals surface area contributed by atoms with E-state index in [-0.39, 0.29) is 5.38 Å². The van der Waals surface area contributed by atoms with Crippen LogP contribution in [0.4, 0.5) is 0 Å². The standard InChI is InChI=1S/C16H13Br2ClS/c17-11-7-12(20-16(11)18)15(19)14-10-6-5-8-3-1-2-4-9(8)13(10)14/h1-4,7,10,13-15H,5-6H2. The SMILES string of the molecule is ClC(c1cc(Br)c(Br)s1)C1C2CCc3ccccc3C21. The number of aryl methyl sites for hydroxylation is 1. The lowest BCUT2D eigenvalue weighted by Crippen LogP contribution is -2.00. The van der Waals surface area contributed by atoms with Crippen molar-refractivity contribution in [3.63, 3.8) is 0 Å². The predicted molar refractivity (Wildman–Crippen MR) is 92.8 cm³/mol. The molecule has 0 saturated heterocycles. The molecular weight excluding hydrogens is 420 g/mol. The number of fused-ring (bicyclic) bond motifs is 3. The molecule has 104 valence electrons. The molecule has 0 amide bonds. The van der Waals surface area contributed by atoms with Gasteiger partial charge < -0.3 is 0 Å². The Balaban J connectivity index is 1.63. The molecule has 1 heterocycles. The van der Waals surface area contributed by atoms with Crippen LogP contribution in [0.2, 0.25) is 0 Å². The van der Waals surface area contributed by atoms with Gasteiger partial charge in [0.2, 0.25) is 0 Å². The molecule has 0 radical (unpaired) electrons. The average molecular weight is 433 g/mol. The molecule has 1 aromatic carbocycles. The molecule has 4 heteroatoms. The molecule has 0 aliphatic heterocycles. The minimum atomic E-state index is 0.142. The van der Waals surface area contributed by atoms with Crippen molar-refractivity contribution < 1.29 is 0 Å². The summed E-state index contributed by atoms with van der Waals surface area (Å²) in [6, 6.07) is 11.1. The number of hydrogen-bond acceptors (Lipinski definition) is 1. The summed E-state index contributed by atoms with van der Waals surface area (Å²) in [6.07, 6.45) is 2.51. The molecule has 0 spiro atoms. The van der Waals surface area contributed by atoms with Crippen LogP contribution in [0, 0.1) is 11.8 Å². The molecule has 0 bridgehead atoms. The zero-order chi connectivity index (χ0) is 13.9. The second-order valence-electron chi connectivity index (χ2n) is 5.68. The van der Waals surface area contributed by atoms with E-state index in [2.05, 4.69) is 62.2 Å². The van der Waals surface area contributed by atoms with Gasteiger partial charge in [-0.2, -0.15) is 0 Å². The van der Waals surface area contributed by atoms with Crippen molar-refractivity contribution >= 4 is 54.8 Å². The van der Waals surface area contributed by atoms with Gasteiger partial charge in [-0.15, -0.1) is 22.9 Å². The van der Waals surface area contributed by atoms with Crippen molar-refractivity contribution in [2.24, 2.45) is 11.8 Å². The molecule has 2 aliphatic rings. The Kier molecular flexibility index (Phi) is 3.53. The van der Waals surface area contributed by atoms with Crippen LogP contribution in [0.25, 0.3) is 0 Å². The first-order valence-electron chi connectivity index (χ1n) is 6.83. The van der Waals surface area contributed by atoms with Crippen LogP contribution in [0.1, 0.15) is 33.7 Å². The van der Waals surface area contributed by atoms with E-state index in [1.807, 2.05) is 0 Å². The van der Waals surface area contributed by atoms with Crippen LogP contribution in [0.15, 0.2) is 38.6 Å². The third-order valence-corrected chi connectivity index (χ3v) is 8.66. The minimum Gasteiger partial charge on any atom is -0.130 e. The van der Waals surface area contributed by atoms with Crippen molar-refractivity contribution in [3.05, 3.63) is 54.6 Å². The third kappa shape index (κ3) is 2.13. The predicted octanol–water partition coefficient (Wildman–Crippen LogP) is 6.53. The third-order valence-electron chi connectivity index (χ3n) is 4.66. The molecule has 0 nitrogen and oxygen atoms in total. The molecule has 20 heavy (non-hydrogen) atoms. The summed E-state index contributed by atoms with van der Waals surface area (Å²) in [7, 11) is 0. The summed E-state index contributed by atoms with van der Waals surface area (Å²) in [6.45, 7) is 0. The fourth-order valence-corrected chi connectivity index (χ4v) is 6.37. The number of benzene rings is 1. The largest absolute Gasteiger partial charge is 0.130 e. The van der Waals surface area contributed by atoms with Gasteiger partial charge in [0.1, 0.15) is 0 Å². The van der Waals surface area contributed by atoms with E-state index < -0.39 is 0 Å². The fraction of sp³-hybridized carbons (Fsp3) is 0.375. The maximum absolute atomic E-state index is 6.80. The molecule has 4 atom stereocenters. The highest BCUT2D eigenvalue weighted by Gasteiger charge is 2.56. The first-order chi connectivity index (χ1) is 9.66. The number of thiophene rings is 1. The van der Waals surface area contributed by atoms with Crippen LogP contribution in [0.3, 0.4) is 0 Å². The van der Waals surface area contributed by atoms with Crippen molar-refractivity contribution in [1.29, 1.82) is 0 Å². The van der Waals surface area contributed by atoms with Crippen molar-refractivity contribution in [3.8, 4) is 0 Å². The lowest BCUT2D eigenvalue weighted by atomic mass is 9.92. The van der Waals surface area contributed by atoms with Crippen LogP contribution < -0.4 is 0 Å². The second-order valence-corrected chi connectivity index (χ2v) is 9.40. The number of halogens is 3. The number of rotatable bonds is 2. The van der Waals surface area contributed by atoms with E-state index in [1.54, 1.807) is 16.9 Å². The Labute approximate surface area is 144 Å². The summed E-state index contributed by atoms with van der Waals surface area (Å²) in [5.74, 6) is 2.08. The molecular formula is C16H13Br2ClS. The molecule has 4 unspecified atom stereocenters. The highest BCUT2D eigenvalue weighted by Crippen LogP contribution is 2.66. The van der Waals surface area contributed by atoms with Gasteiger partial charge in [-0.25, -0.2) is 0 Å². The van der Waals surface area contributed by atoms with Gasteiger partial charge in [-0.1, -0.05) is 24.3 Å². The number of alkyl halides is 1. The molecule has 2 aliphatic carbocycles. The van der Waals surface area contributed by atoms with Crippen molar-refractivity contribution in [1.82, 2.24) is 0 Å². The van der Waals surface area contributed by atoms with Gasteiger partial charge in [-0.05, 0) is 79.6 Å². The van der Waals surface area contributed by atoms with E-state index in [0.29, 0.717) is 11.8 Å². The molecule has 1 saturated carbocycles. The van der Waals surface area contributed by atoms with E-state index in [0.717, 1.165) is 14.2 Å². The molecule has 1 aromatic heterocycles. The lowest BCUT2D eigenvalue weighted by molar-refractivity contribution is 0.624. The Morgan fingerprint density at radius 3 is 2.80 bits per heavy atom. The minimum absolute atomic E-state index is 0.142. The lowest BCUT2D eigenvalue weighted by Gasteiger charge is -2.13.